The highest BCUT2D eigenvalue weighted by atomic mass is 32.2. The number of methoxy groups -OCH3 is 1. The molecule has 0 aliphatic carbocycles. The molecule has 0 bridgehead atoms. The average molecular weight is 291 g/mol. The summed E-state index contributed by atoms with van der Waals surface area (Å²) in [4.78, 5) is 12.0. The normalized spacial score (nSPS) is 10.1. The Kier molecular flexibility index (Phi) is 4.44. The van der Waals surface area contributed by atoms with Crippen molar-refractivity contribution in [2.75, 3.05) is 12.5 Å². The summed E-state index contributed by atoms with van der Waals surface area (Å²) in [7, 11) is 1.47. The molecule has 2 aromatic rings. The highest BCUT2D eigenvalue weighted by Gasteiger charge is 2.17. The Morgan fingerprint density at radius 3 is 2.65 bits per heavy atom. The maximum atomic E-state index is 11.1. The Morgan fingerprint density at radius 2 is 2.00 bits per heavy atom. The van der Waals surface area contributed by atoms with E-state index in [0.29, 0.717) is 16.3 Å². The van der Waals surface area contributed by atoms with Gasteiger partial charge in [-0.1, -0.05) is 23.9 Å². The number of rotatable bonds is 5. The minimum absolute atomic E-state index is 0.00109. The van der Waals surface area contributed by atoms with Gasteiger partial charge in [0, 0.05) is 4.90 Å². The van der Waals surface area contributed by atoms with Crippen molar-refractivity contribution in [1.82, 2.24) is 0 Å². The first-order valence-electron chi connectivity index (χ1n) is 5.71. The number of nitro benzene ring substituents is 1. The van der Waals surface area contributed by atoms with Gasteiger partial charge in [0.05, 0.1) is 28.7 Å². The molecule has 0 radical (unpaired) electrons. The Hall–Kier alpha value is -2.25. The lowest BCUT2D eigenvalue weighted by Crippen LogP contribution is -2.07. The Morgan fingerprint density at radius 1 is 1.25 bits per heavy atom. The summed E-state index contributed by atoms with van der Waals surface area (Å²) >= 11 is 1.27. The molecular formula is C13H13N3O3S. The van der Waals surface area contributed by atoms with E-state index in [-0.39, 0.29) is 5.69 Å². The van der Waals surface area contributed by atoms with Gasteiger partial charge in [0.25, 0.3) is 5.69 Å². The van der Waals surface area contributed by atoms with E-state index >= 15 is 0 Å². The van der Waals surface area contributed by atoms with Gasteiger partial charge < -0.3 is 10.2 Å². The molecule has 0 saturated heterocycles. The Labute approximate surface area is 120 Å². The quantitative estimate of drug-likeness (QED) is 0.500. The van der Waals surface area contributed by atoms with Gasteiger partial charge in [0.1, 0.15) is 5.75 Å². The third-order valence-electron chi connectivity index (χ3n) is 2.63. The molecule has 2 aromatic carbocycles. The molecular weight excluding hydrogens is 278 g/mol. The fraction of sp³-hybridized carbons (Fsp3) is 0.0769. The van der Waals surface area contributed by atoms with Crippen molar-refractivity contribution in [3.63, 3.8) is 0 Å². The number of nitrogens with two attached hydrogens (primary N) is 1. The van der Waals surface area contributed by atoms with E-state index in [9.17, 15) is 10.1 Å². The molecule has 0 amide bonds. The van der Waals surface area contributed by atoms with E-state index in [0.717, 1.165) is 4.90 Å². The molecule has 104 valence electrons. The number of hydrogen-bond donors (Lipinski definition) is 2. The Balaban J connectivity index is 2.40. The van der Waals surface area contributed by atoms with Crippen LogP contribution in [-0.2, 0) is 0 Å². The van der Waals surface area contributed by atoms with E-state index in [1.54, 1.807) is 18.2 Å². The molecule has 2 rings (SSSR count). The predicted octanol–water partition coefficient (Wildman–Crippen LogP) is 3.04. The van der Waals surface area contributed by atoms with Crippen LogP contribution in [0.1, 0.15) is 0 Å². The first-order chi connectivity index (χ1) is 9.65. The smallest absolute Gasteiger partial charge is 0.286 e. The molecule has 0 atom stereocenters. The molecule has 3 N–H and O–H groups in total. The minimum atomic E-state index is -0.427. The molecule has 0 aliphatic heterocycles. The fourth-order valence-corrected chi connectivity index (χ4v) is 2.64. The first kappa shape index (κ1) is 14.2. The first-order valence-corrected chi connectivity index (χ1v) is 6.53. The second-order valence-corrected chi connectivity index (χ2v) is 4.92. The van der Waals surface area contributed by atoms with Gasteiger partial charge in [0.15, 0.2) is 0 Å². The van der Waals surface area contributed by atoms with Gasteiger partial charge in [-0.15, -0.1) is 0 Å². The summed E-state index contributed by atoms with van der Waals surface area (Å²) in [5.41, 5.74) is 3.28. The zero-order valence-corrected chi connectivity index (χ0v) is 11.5. The summed E-state index contributed by atoms with van der Waals surface area (Å²) in [6, 6.07) is 12.1. The van der Waals surface area contributed by atoms with Crippen molar-refractivity contribution in [2.24, 2.45) is 5.84 Å². The maximum absolute atomic E-state index is 11.1. The monoisotopic (exact) mass is 291 g/mol. The van der Waals surface area contributed by atoms with Crippen molar-refractivity contribution in [3.8, 4) is 5.75 Å². The summed E-state index contributed by atoms with van der Waals surface area (Å²) in [6.07, 6.45) is 0. The molecule has 0 heterocycles. The van der Waals surface area contributed by atoms with Gasteiger partial charge in [-0.3, -0.25) is 16.0 Å². The number of nitro groups is 1. The van der Waals surface area contributed by atoms with E-state index in [1.807, 2.05) is 18.2 Å². The molecule has 0 saturated carbocycles. The third-order valence-corrected chi connectivity index (χ3v) is 3.77. The average Bonchev–Trinajstić information content (AvgIpc) is 2.48. The molecule has 7 heteroatoms. The maximum Gasteiger partial charge on any atom is 0.286 e. The zero-order chi connectivity index (χ0) is 14.5. The van der Waals surface area contributed by atoms with Crippen LogP contribution < -0.4 is 16.0 Å². The predicted molar refractivity (Wildman–Crippen MR) is 78.0 cm³/mol. The van der Waals surface area contributed by atoms with Crippen molar-refractivity contribution in [1.29, 1.82) is 0 Å². The minimum Gasteiger partial charge on any atom is -0.497 e. The van der Waals surface area contributed by atoms with Crippen LogP contribution in [0.3, 0.4) is 0 Å². The lowest BCUT2D eigenvalue weighted by Gasteiger charge is -2.09. The molecule has 6 nitrogen and oxygen atoms in total. The second kappa shape index (κ2) is 6.27. The molecule has 0 spiro atoms. The number of nitrogen functional groups attached to an aromatic ring is 1. The van der Waals surface area contributed by atoms with E-state index in [4.69, 9.17) is 10.6 Å². The molecule has 20 heavy (non-hydrogen) atoms. The summed E-state index contributed by atoms with van der Waals surface area (Å²) < 4.78 is 5.01. The molecule has 0 fully saturated rings. The van der Waals surface area contributed by atoms with Gasteiger partial charge in [-0.2, -0.15) is 0 Å². The van der Waals surface area contributed by atoms with Gasteiger partial charge >= 0.3 is 0 Å². The highest BCUT2D eigenvalue weighted by Crippen LogP contribution is 2.39. The van der Waals surface area contributed by atoms with Crippen LogP contribution in [-0.4, -0.2) is 12.0 Å². The number of nitrogens with zero attached hydrogens (tertiary/aromatic N) is 1. The molecule has 0 unspecified atom stereocenters. The highest BCUT2D eigenvalue weighted by molar-refractivity contribution is 7.99. The number of hydrogen-bond acceptors (Lipinski definition) is 6. The van der Waals surface area contributed by atoms with Crippen LogP contribution in [0.15, 0.2) is 52.3 Å². The van der Waals surface area contributed by atoms with Crippen LogP contribution in [0.25, 0.3) is 0 Å². The zero-order valence-electron chi connectivity index (χ0n) is 10.7. The lowest BCUT2D eigenvalue weighted by atomic mass is 10.3. The number of hydrazine groups is 1. The summed E-state index contributed by atoms with van der Waals surface area (Å²) in [5, 5.41) is 11.1. The molecule has 0 aliphatic rings. The van der Waals surface area contributed by atoms with E-state index < -0.39 is 4.92 Å². The largest absolute Gasteiger partial charge is 0.497 e. The SMILES string of the molecule is COc1ccc(Sc2ccccc2NN)c([N+](=O)[O-])c1. The number of benzene rings is 2. The number of para-hydroxylation sites is 1. The number of ether oxygens (including phenoxy) is 1. The lowest BCUT2D eigenvalue weighted by molar-refractivity contribution is -0.387. The van der Waals surface area contributed by atoms with Gasteiger partial charge in [0.2, 0.25) is 0 Å². The topological polar surface area (TPSA) is 90.4 Å². The van der Waals surface area contributed by atoms with Gasteiger partial charge in [-0.05, 0) is 24.3 Å². The van der Waals surface area contributed by atoms with Crippen LogP contribution in [0, 0.1) is 10.1 Å². The Bertz CT molecular complexity index is 634. The van der Waals surface area contributed by atoms with Crippen molar-refractivity contribution in [2.45, 2.75) is 9.79 Å². The fourth-order valence-electron chi connectivity index (χ4n) is 1.65. The van der Waals surface area contributed by atoms with Crippen molar-refractivity contribution >= 4 is 23.1 Å². The van der Waals surface area contributed by atoms with E-state index in [1.165, 1.54) is 24.9 Å². The van der Waals surface area contributed by atoms with Crippen molar-refractivity contribution < 1.29 is 9.66 Å². The van der Waals surface area contributed by atoms with Crippen LogP contribution >= 0.6 is 11.8 Å². The van der Waals surface area contributed by atoms with Crippen LogP contribution in [0.2, 0.25) is 0 Å². The van der Waals surface area contributed by atoms with E-state index in [2.05, 4.69) is 5.43 Å². The third kappa shape index (κ3) is 3.01. The number of nitrogens with one attached hydrogen (secondary N) is 1. The standard InChI is InChI=1S/C13H13N3O3S/c1-19-9-6-7-13(11(8-9)16(17)18)20-12-5-3-2-4-10(12)15-14/h2-8,15H,14H2,1H3. The van der Waals surface area contributed by atoms with Gasteiger partial charge in [-0.25, -0.2) is 0 Å². The van der Waals surface area contributed by atoms with Crippen molar-refractivity contribution in [3.05, 3.63) is 52.6 Å². The number of anilines is 1. The second-order valence-electron chi connectivity index (χ2n) is 3.83. The van der Waals surface area contributed by atoms with Crippen LogP contribution in [0.4, 0.5) is 11.4 Å². The van der Waals surface area contributed by atoms with Crippen LogP contribution in [0.5, 0.6) is 5.75 Å². The summed E-state index contributed by atoms with van der Waals surface area (Å²) in [6.45, 7) is 0. The summed E-state index contributed by atoms with van der Waals surface area (Å²) in [5.74, 6) is 5.88. The molecule has 0 aromatic heterocycles.